The van der Waals surface area contributed by atoms with E-state index in [1.165, 1.54) is 0 Å². The zero-order valence-electron chi connectivity index (χ0n) is 11.7. The summed E-state index contributed by atoms with van der Waals surface area (Å²) < 4.78 is 0. The van der Waals surface area contributed by atoms with Crippen LogP contribution in [0.15, 0.2) is 60.8 Å². The SMILES string of the molecule is NC(=O)[C@H](NC(=O)c1ccc2cc[nH]c2c1)c1ccccc1. The van der Waals surface area contributed by atoms with E-state index >= 15 is 0 Å². The Morgan fingerprint density at radius 3 is 2.55 bits per heavy atom. The number of hydrogen-bond donors (Lipinski definition) is 3. The predicted molar refractivity (Wildman–Crippen MR) is 84.1 cm³/mol. The number of benzene rings is 2. The number of rotatable bonds is 4. The summed E-state index contributed by atoms with van der Waals surface area (Å²) in [5.41, 5.74) is 7.40. The third kappa shape index (κ3) is 2.69. The number of primary amides is 1. The summed E-state index contributed by atoms with van der Waals surface area (Å²) in [5.74, 6) is -0.940. The average Bonchev–Trinajstić information content (AvgIpc) is 3.00. The van der Waals surface area contributed by atoms with E-state index in [1.54, 1.807) is 36.4 Å². The van der Waals surface area contributed by atoms with Crippen molar-refractivity contribution in [2.75, 3.05) is 0 Å². The molecule has 110 valence electrons. The molecule has 0 aliphatic rings. The number of carbonyl (C=O) groups is 2. The lowest BCUT2D eigenvalue weighted by molar-refractivity contribution is -0.120. The largest absolute Gasteiger partial charge is 0.368 e. The summed E-state index contributed by atoms with van der Waals surface area (Å²) in [4.78, 5) is 27.1. The van der Waals surface area contributed by atoms with E-state index in [-0.39, 0.29) is 5.91 Å². The third-order valence-corrected chi connectivity index (χ3v) is 3.51. The maximum atomic E-state index is 12.4. The van der Waals surface area contributed by atoms with Crippen molar-refractivity contribution in [2.24, 2.45) is 5.73 Å². The molecule has 0 radical (unpaired) electrons. The van der Waals surface area contributed by atoms with Crippen LogP contribution in [-0.4, -0.2) is 16.8 Å². The molecule has 4 N–H and O–H groups in total. The van der Waals surface area contributed by atoms with Crippen LogP contribution in [0.25, 0.3) is 10.9 Å². The number of H-pyrrole nitrogens is 1. The molecule has 1 aromatic heterocycles. The van der Waals surface area contributed by atoms with Gasteiger partial charge in [-0.3, -0.25) is 9.59 Å². The predicted octanol–water partition coefficient (Wildman–Crippen LogP) is 2.12. The molecule has 0 unspecified atom stereocenters. The van der Waals surface area contributed by atoms with Crippen LogP contribution in [-0.2, 0) is 4.79 Å². The standard InChI is InChI=1S/C17H15N3O2/c18-16(21)15(12-4-2-1-3-5-12)20-17(22)13-7-6-11-8-9-19-14(11)10-13/h1-10,15,19H,(H2,18,21)(H,20,22)/t15-/m1/s1. The Labute approximate surface area is 127 Å². The van der Waals surface area contributed by atoms with Crippen molar-refractivity contribution >= 4 is 22.7 Å². The molecule has 3 aromatic rings. The molecule has 2 aromatic carbocycles. The number of amides is 2. The van der Waals surface area contributed by atoms with Gasteiger partial charge in [0, 0.05) is 17.3 Å². The fourth-order valence-corrected chi connectivity index (χ4v) is 2.37. The van der Waals surface area contributed by atoms with Gasteiger partial charge in [0.15, 0.2) is 0 Å². The van der Waals surface area contributed by atoms with Crippen molar-refractivity contribution in [3.8, 4) is 0 Å². The van der Waals surface area contributed by atoms with Crippen LogP contribution in [0.5, 0.6) is 0 Å². The molecular formula is C17H15N3O2. The summed E-state index contributed by atoms with van der Waals surface area (Å²) in [7, 11) is 0. The molecule has 1 heterocycles. The molecule has 5 heteroatoms. The highest BCUT2D eigenvalue weighted by Crippen LogP contribution is 2.16. The van der Waals surface area contributed by atoms with E-state index in [4.69, 9.17) is 5.73 Å². The Balaban J connectivity index is 1.86. The zero-order chi connectivity index (χ0) is 15.5. The van der Waals surface area contributed by atoms with Gasteiger partial charge in [-0.15, -0.1) is 0 Å². The lowest BCUT2D eigenvalue weighted by atomic mass is 10.1. The Kier molecular flexibility index (Phi) is 3.62. The van der Waals surface area contributed by atoms with Crippen molar-refractivity contribution in [2.45, 2.75) is 6.04 Å². The van der Waals surface area contributed by atoms with E-state index in [9.17, 15) is 9.59 Å². The molecule has 0 bridgehead atoms. The van der Waals surface area contributed by atoms with Gasteiger partial charge in [0.25, 0.3) is 5.91 Å². The second-order valence-corrected chi connectivity index (χ2v) is 5.00. The summed E-state index contributed by atoms with van der Waals surface area (Å²) >= 11 is 0. The van der Waals surface area contributed by atoms with E-state index in [0.717, 1.165) is 10.9 Å². The third-order valence-electron chi connectivity index (χ3n) is 3.51. The molecule has 0 fully saturated rings. The first kappa shape index (κ1) is 13.9. The highest BCUT2D eigenvalue weighted by molar-refractivity contribution is 6.00. The summed E-state index contributed by atoms with van der Waals surface area (Å²) in [6.45, 7) is 0. The van der Waals surface area contributed by atoms with Gasteiger partial charge >= 0.3 is 0 Å². The summed E-state index contributed by atoms with van der Waals surface area (Å²) in [5, 5.41) is 3.70. The topological polar surface area (TPSA) is 88.0 Å². The van der Waals surface area contributed by atoms with Crippen LogP contribution >= 0.6 is 0 Å². The molecule has 2 amide bonds. The highest BCUT2D eigenvalue weighted by Gasteiger charge is 2.20. The van der Waals surface area contributed by atoms with Crippen LogP contribution in [0.3, 0.4) is 0 Å². The molecule has 0 saturated heterocycles. The molecule has 0 saturated carbocycles. The van der Waals surface area contributed by atoms with Crippen molar-refractivity contribution in [3.05, 3.63) is 71.9 Å². The lowest BCUT2D eigenvalue weighted by Crippen LogP contribution is -2.37. The first-order valence-electron chi connectivity index (χ1n) is 6.87. The first-order chi connectivity index (χ1) is 10.6. The minimum atomic E-state index is -0.854. The number of nitrogens with one attached hydrogen (secondary N) is 2. The Hall–Kier alpha value is -3.08. The van der Waals surface area contributed by atoms with Crippen molar-refractivity contribution in [1.82, 2.24) is 10.3 Å². The number of nitrogens with two attached hydrogens (primary N) is 1. The van der Waals surface area contributed by atoms with E-state index in [1.807, 2.05) is 24.4 Å². The molecule has 5 nitrogen and oxygen atoms in total. The van der Waals surface area contributed by atoms with Crippen molar-refractivity contribution < 1.29 is 9.59 Å². The lowest BCUT2D eigenvalue weighted by Gasteiger charge is -2.16. The Morgan fingerprint density at radius 1 is 1.05 bits per heavy atom. The highest BCUT2D eigenvalue weighted by atomic mass is 16.2. The van der Waals surface area contributed by atoms with Gasteiger partial charge in [-0.05, 0) is 29.1 Å². The van der Waals surface area contributed by atoms with Crippen LogP contribution < -0.4 is 11.1 Å². The van der Waals surface area contributed by atoms with Crippen molar-refractivity contribution in [1.29, 1.82) is 0 Å². The Bertz CT molecular complexity index is 824. The zero-order valence-corrected chi connectivity index (χ0v) is 11.7. The van der Waals surface area contributed by atoms with Gasteiger partial charge in [-0.25, -0.2) is 0 Å². The van der Waals surface area contributed by atoms with E-state index < -0.39 is 11.9 Å². The summed E-state index contributed by atoms with van der Waals surface area (Å²) in [6, 6.07) is 15.3. The van der Waals surface area contributed by atoms with Crippen LogP contribution in [0.2, 0.25) is 0 Å². The van der Waals surface area contributed by atoms with Crippen molar-refractivity contribution in [3.63, 3.8) is 0 Å². The molecule has 0 spiro atoms. The monoisotopic (exact) mass is 293 g/mol. The fourth-order valence-electron chi connectivity index (χ4n) is 2.37. The molecule has 3 rings (SSSR count). The van der Waals surface area contributed by atoms with E-state index in [2.05, 4.69) is 10.3 Å². The minimum absolute atomic E-state index is 0.343. The molecule has 0 aliphatic carbocycles. The molecular weight excluding hydrogens is 278 g/mol. The van der Waals surface area contributed by atoms with Gasteiger partial charge < -0.3 is 16.0 Å². The maximum Gasteiger partial charge on any atom is 0.252 e. The number of fused-ring (bicyclic) bond motifs is 1. The normalized spacial score (nSPS) is 12.0. The van der Waals surface area contributed by atoms with E-state index in [0.29, 0.717) is 11.1 Å². The second kappa shape index (κ2) is 5.73. The second-order valence-electron chi connectivity index (χ2n) is 5.00. The minimum Gasteiger partial charge on any atom is -0.368 e. The maximum absolute atomic E-state index is 12.4. The summed E-state index contributed by atoms with van der Waals surface area (Å²) in [6.07, 6.45) is 1.81. The van der Waals surface area contributed by atoms with Gasteiger partial charge in [0.2, 0.25) is 5.91 Å². The first-order valence-corrected chi connectivity index (χ1v) is 6.87. The fraction of sp³-hybridized carbons (Fsp3) is 0.0588. The van der Waals surface area contributed by atoms with Crippen LogP contribution in [0, 0.1) is 0 Å². The van der Waals surface area contributed by atoms with Gasteiger partial charge in [-0.1, -0.05) is 36.4 Å². The molecule has 1 atom stereocenters. The Morgan fingerprint density at radius 2 is 1.82 bits per heavy atom. The number of hydrogen-bond acceptors (Lipinski definition) is 2. The van der Waals surface area contributed by atoms with Gasteiger partial charge in [0.1, 0.15) is 6.04 Å². The molecule has 22 heavy (non-hydrogen) atoms. The smallest absolute Gasteiger partial charge is 0.252 e. The number of aromatic amines is 1. The number of aromatic nitrogens is 1. The van der Waals surface area contributed by atoms with Gasteiger partial charge in [-0.2, -0.15) is 0 Å². The quantitative estimate of drug-likeness (QED) is 0.688. The van der Waals surface area contributed by atoms with Gasteiger partial charge in [0.05, 0.1) is 0 Å². The van der Waals surface area contributed by atoms with Crippen LogP contribution in [0.4, 0.5) is 0 Å². The average molecular weight is 293 g/mol. The van der Waals surface area contributed by atoms with Crippen LogP contribution in [0.1, 0.15) is 22.0 Å². The number of carbonyl (C=O) groups excluding carboxylic acids is 2. The molecule has 0 aliphatic heterocycles.